The molecule has 3 N–H and O–H groups in total. The van der Waals surface area contributed by atoms with Gasteiger partial charge in [-0.25, -0.2) is 19.7 Å². The highest BCUT2D eigenvalue weighted by atomic mass is 19.4. The zero-order valence-corrected chi connectivity index (χ0v) is 15.8. The molecule has 2 amide bonds. The predicted octanol–water partition coefficient (Wildman–Crippen LogP) is 4.07. The summed E-state index contributed by atoms with van der Waals surface area (Å²) in [5.41, 5.74) is -2.26. The molecule has 0 saturated heterocycles. The summed E-state index contributed by atoms with van der Waals surface area (Å²) in [4.78, 5) is 23.6. The molecule has 0 unspecified atom stereocenters. The van der Waals surface area contributed by atoms with Gasteiger partial charge in [0.05, 0.1) is 11.4 Å². The first-order chi connectivity index (χ1) is 14.9. The van der Waals surface area contributed by atoms with Gasteiger partial charge in [-0.3, -0.25) is 4.90 Å². The molecular weight excluding hydrogens is 444 g/mol. The summed E-state index contributed by atoms with van der Waals surface area (Å²) in [6.07, 6.45) is -10.6. The molecule has 32 heavy (non-hydrogen) atoms. The zero-order valence-electron chi connectivity index (χ0n) is 15.8. The van der Waals surface area contributed by atoms with E-state index in [9.17, 15) is 36.2 Å². The SMILES string of the molecule is NC(=O)N(c1ccccc1)c1ccc(C(O)(C(F)(F)F)C(F)(F)F)c(-c2ncncn2)c1. The van der Waals surface area contributed by atoms with Crippen molar-refractivity contribution in [2.24, 2.45) is 5.73 Å². The van der Waals surface area contributed by atoms with Crippen molar-refractivity contribution in [3.05, 3.63) is 66.7 Å². The summed E-state index contributed by atoms with van der Waals surface area (Å²) in [6.45, 7) is 0. The number of primary amides is 1. The number of urea groups is 1. The number of para-hydroxylation sites is 1. The van der Waals surface area contributed by atoms with Gasteiger partial charge in [0, 0.05) is 11.1 Å². The second-order valence-electron chi connectivity index (χ2n) is 6.41. The van der Waals surface area contributed by atoms with Gasteiger partial charge in [-0.05, 0) is 24.3 Å². The quantitative estimate of drug-likeness (QED) is 0.575. The van der Waals surface area contributed by atoms with Crippen LogP contribution in [0.25, 0.3) is 11.4 Å². The number of amides is 2. The molecule has 7 nitrogen and oxygen atoms in total. The molecule has 13 heteroatoms. The van der Waals surface area contributed by atoms with E-state index in [1.807, 2.05) is 0 Å². The number of anilines is 2. The van der Waals surface area contributed by atoms with Crippen LogP contribution >= 0.6 is 0 Å². The fourth-order valence-electron chi connectivity index (χ4n) is 3.00. The Labute approximate surface area is 176 Å². The lowest BCUT2D eigenvalue weighted by atomic mass is 9.87. The fraction of sp³-hybridized carbons (Fsp3) is 0.158. The van der Waals surface area contributed by atoms with Crippen LogP contribution in [0.3, 0.4) is 0 Å². The number of hydrogen-bond donors (Lipinski definition) is 2. The maximum Gasteiger partial charge on any atom is 0.430 e. The van der Waals surface area contributed by atoms with Crippen LogP contribution in [0.15, 0.2) is 61.2 Å². The minimum atomic E-state index is -6.14. The van der Waals surface area contributed by atoms with Crippen LogP contribution in [-0.4, -0.2) is 38.4 Å². The Morgan fingerprint density at radius 3 is 1.94 bits per heavy atom. The standard InChI is InChI=1S/C19H13F6N5O2/c20-18(21,22)17(32,19(23,24)25)14-7-6-12(8-13(14)15-28-9-27-10-29-15)30(16(26)31)11-4-2-1-3-5-11/h1-10,32H,(H2,26,31). The van der Waals surface area contributed by atoms with E-state index >= 15 is 0 Å². The molecule has 0 spiro atoms. The molecule has 3 aromatic rings. The topological polar surface area (TPSA) is 105 Å². The third-order valence-electron chi connectivity index (χ3n) is 4.44. The van der Waals surface area contributed by atoms with Crippen LogP contribution in [-0.2, 0) is 5.60 Å². The highest BCUT2D eigenvalue weighted by Crippen LogP contribution is 2.52. The van der Waals surface area contributed by atoms with Crippen LogP contribution in [0.2, 0.25) is 0 Å². The number of aromatic nitrogens is 3. The van der Waals surface area contributed by atoms with Crippen molar-refractivity contribution in [3.63, 3.8) is 0 Å². The largest absolute Gasteiger partial charge is 0.430 e. The van der Waals surface area contributed by atoms with Crippen molar-refractivity contribution in [1.82, 2.24) is 15.0 Å². The summed E-state index contributed by atoms with van der Waals surface area (Å²) >= 11 is 0. The maximum absolute atomic E-state index is 13.5. The smallest absolute Gasteiger partial charge is 0.369 e. The van der Waals surface area contributed by atoms with Gasteiger partial charge < -0.3 is 10.8 Å². The number of carbonyl (C=O) groups excluding carboxylic acids is 1. The number of aliphatic hydroxyl groups is 1. The third-order valence-corrected chi connectivity index (χ3v) is 4.44. The van der Waals surface area contributed by atoms with Crippen LogP contribution in [0.4, 0.5) is 42.5 Å². The van der Waals surface area contributed by atoms with Crippen molar-refractivity contribution in [2.75, 3.05) is 4.90 Å². The third kappa shape index (κ3) is 3.93. The first kappa shape index (κ1) is 22.9. The molecule has 0 bridgehead atoms. The summed E-state index contributed by atoms with van der Waals surface area (Å²) in [7, 11) is 0. The second-order valence-corrected chi connectivity index (χ2v) is 6.41. The number of hydrogen-bond acceptors (Lipinski definition) is 5. The van der Waals surface area contributed by atoms with Crippen molar-refractivity contribution >= 4 is 17.4 Å². The van der Waals surface area contributed by atoms with Gasteiger partial charge in [0.25, 0.3) is 5.60 Å². The normalized spacial score (nSPS) is 12.5. The first-order valence-corrected chi connectivity index (χ1v) is 8.65. The number of alkyl halides is 6. The van der Waals surface area contributed by atoms with E-state index in [0.717, 1.165) is 29.7 Å². The monoisotopic (exact) mass is 457 g/mol. The van der Waals surface area contributed by atoms with Gasteiger partial charge in [0.2, 0.25) is 0 Å². The average molecular weight is 457 g/mol. The van der Waals surface area contributed by atoms with E-state index in [-0.39, 0.29) is 11.4 Å². The fourth-order valence-corrected chi connectivity index (χ4v) is 3.00. The van der Waals surface area contributed by atoms with E-state index in [1.165, 1.54) is 12.1 Å². The molecule has 168 valence electrons. The molecule has 0 radical (unpaired) electrons. The summed E-state index contributed by atoms with van der Waals surface area (Å²) in [5.74, 6) is -0.596. The maximum atomic E-state index is 13.5. The van der Waals surface area contributed by atoms with Gasteiger partial charge in [-0.1, -0.05) is 24.3 Å². The summed E-state index contributed by atoms with van der Waals surface area (Å²) in [5, 5.41) is 9.93. The van der Waals surface area contributed by atoms with Crippen LogP contribution < -0.4 is 10.6 Å². The Hall–Kier alpha value is -3.74. The summed E-state index contributed by atoms with van der Waals surface area (Å²) in [6, 6.07) is 8.52. The number of carbonyl (C=O) groups is 1. The molecule has 2 aromatic carbocycles. The Bertz CT molecular complexity index is 1090. The van der Waals surface area contributed by atoms with Crippen LogP contribution in [0.1, 0.15) is 5.56 Å². The molecule has 0 aliphatic heterocycles. The molecule has 0 saturated carbocycles. The number of halogens is 6. The minimum Gasteiger partial charge on any atom is -0.369 e. The van der Waals surface area contributed by atoms with Crippen LogP contribution in [0.5, 0.6) is 0 Å². The molecule has 1 heterocycles. The van der Waals surface area contributed by atoms with Gasteiger partial charge in [-0.15, -0.1) is 0 Å². The molecule has 0 aliphatic carbocycles. The Kier molecular flexibility index (Phi) is 5.78. The molecule has 0 aliphatic rings. The number of rotatable bonds is 4. The predicted molar refractivity (Wildman–Crippen MR) is 99.4 cm³/mol. The van der Waals surface area contributed by atoms with Gasteiger partial charge >= 0.3 is 18.4 Å². The second kappa shape index (κ2) is 8.07. The Morgan fingerprint density at radius 2 is 1.44 bits per heavy atom. The Balaban J connectivity index is 2.33. The highest BCUT2D eigenvalue weighted by molar-refractivity contribution is 5.99. The van der Waals surface area contributed by atoms with Gasteiger partial charge in [-0.2, -0.15) is 26.3 Å². The van der Waals surface area contributed by atoms with Crippen molar-refractivity contribution in [2.45, 2.75) is 18.0 Å². The van der Waals surface area contributed by atoms with Crippen molar-refractivity contribution < 1.29 is 36.2 Å². The van der Waals surface area contributed by atoms with E-state index in [2.05, 4.69) is 15.0 Å². The number of nitrogens with zero attached hydrogens (tertiary/aromatic N) is 4. The highest BCUT2D eigenvalue weighted by Gasteiger charge is 2.72. The Morgan fingerprint density at radius 1 is 0.875 bits per heavy atom. The molecule has 3 rings (SSSR count). The van der Waals surface area contributed by atoms with E-state index in [4.69, 9.17) is 5.73 Å². The van der Waals surface area contributed by atoms with Crippen LogP contribution in [0, 0.1) is 0 Å². The average Bonchev–Trinajstić information content (AvgIpc) is 2.73. The lowest BCUT2D eigenvalue weighted by Gasteiger charge is -2.34. The zero-order chi connectivity index (χ0) is 23.7. The number of benzene rings is 2. The van der Waals surface area contributed by atoms with Crippen molar-refractivity contribution in [1.29, 1.82) is 0 Å². The molecule has 1 aromatic heterocycles. The van der Waals surface area contributed by atoms with E-state index in [1.54, 1.807) is 18.2 Å². The molecule has 0 fully saturated rings. The molecule has 0 atom stereocenters. The number of nitrogens with two attached hydrogens (primary N) is 1. The lowest BCUT2D eigenvalue weighted by molar-refractivity contribution is -0.376. The van der Waals surface area contributed by atoms with E-state index < -0.39 is 40.9 Å². The van der Waals surface area contributed by atoms with Crippen molar-refractivity contribution in [3.8, 4) is 11.4 Å². The molecular formula is C19H13F6N5O2. The van der Waals surface area contributed by atoms with Gasteiger partial charge in [0.1, 0.15) is 12.7 Å². The van der Waals surface area contributed by atoms with Gasteiger partial charge in [0.15, 0.2) is 5.82 Å². The summed E-state index contributed by atoms with van der Waals surface area (Å²) < 4.78 is 81.2. The van der Waals surface area contributed by atoms with E-state index in [0.29, 0.717) is 6.07 Å². The lowest BCUT2D eigenvalue weighted by Crippen LogP contribution is -2.54. The first-order valence-electron chi connectivity index (χ1n) is 8.65. The minimum absolute atomic E-state index is 0.186.